The summed E-state index contributed by atoms with van der Waals surface area (Å²) >= 11 is 0. The van der Waals surface area contributed by atoms with Gasteiger partial charge in [-0.2, -0.15) is 13.2 Å². The van der Waals surface area contributed by atoms with Crippen LogP contribution >= 0.6 is 0 Å². The molecule has 1 saturated carbocycles. The molecule has 0 heterocycles. The Morgan fingerprint density at radius 3 is 2.15 bits per heavy atom. The summed E-state index contributed by atoms with van der Waals surface area (Å²) in [7, 11) is -3.33. The summed E-state index contributed by atoms with van der Waals surface area (Å²) in [6.07, 6.45) is -2.06. The SMILES string of the molecule is CC(C)S(=O)(=O)NC1CCC(C(=O)NCc2ccc(C(F)(F)F)cc2)CC1. The van der Waals surface area contributed by atoms with E-state index in [2.05, 4.69) is 10.0 Å². The molecule has 0 bridgehead atoms. The Morgan fingerprint density at radius 2 is 1.67 bits per heavy atom. The van der Waals surface area contributed by atoms with Crippen LogP contribution in [0.25, 0.3) is 0 Å². The average Bonchev–Trinajstić information content (AvgIpc) is 2.59. The van der Waals surface area contributed by atoms with Gasteiger partial charge >= 0.3 is 6.18 Å². The van der Waals surface area contributed by atoms with Crippen LogP contribution in [0, 0.1) is 5.92 Å². The highest BCUT2D eigenvalue weighted by molar-refractivity contribution is 7.90. The number of hydrogen-bond donors (Lipinski definition) is 2. The minimum Gasteiger partial charge on any atom is -0.352 e. The van der Waals surface area contributed by atoms with Crippen LogP contribution in [0.3, 0.4) is 0 Å². The highest BCUT2D eigenvalue weighted by atomic mass is 32.2. The molecule has 0 saturated heterocycles. The number of nitrogens with one attached hydrogen (secondary N) is 2. The molecule has 1 aliphatic carbocycles. The Bertz CT molecular complexity index is 738. The van der Waals surface area contributed by atoms with Gasteiger partial charge in [0.2, 0.25) is 15.9 Å². The Kier molecular flexibility index (Phi) is 6.91. The summed E-state index contributed by atoms with van der Waals surface area (Å²) in [4.78, 5) is 12.3. The number of benzene rings is 1. The fraction of sp³-hybridized carbons (Fsp3) is 0.611. The van der Waals surface area contributed by atoms with Crippen LogP contribution in [0.4, 0.5) is 13.2 Å². The van der Waals surface area contributed by atoms with Crippen molar-refractivity contribution in [2.24, 2.45) is 5.92 Å². The van der Waals surface area contributed by atoms with Crippen molar-refractivity contribution in [3.63, 3.8) is 0 Å². The number of sulfonamides is 1. The van der Waals surface area contributed by atoms with Gasteiger partial charge in [-0.15, -0.1) is 0 Å². The van der Waals surface area contributed by atoms with E-state index in [-0.39, 0.29) is 24.4 Å². The van der Waals surface area contributed by atoms with Crippen LogP contribution in [0.5, 0.6) is 0 Å². The Morgan fingerprint density at radius 1 is 1.11 bits per heavy atom. The van der Waals surface area contributed by atoms with Gasteiger partial charge in [-0.1, -0.05) is 12.1 Å². The maximum Gasteiger partial charge on any atom is 0.416 e. The highest BCUT2D eigenvalue weighted by Crippen LogP contribution is 2.29. The number of rotatable bonds is 6. The quantitative estimate of drug-likeness (QED) is 0.762. The Labute approximate surface area is 157 Å². The summed E-state index contributed by atoms with van der Waals surface area (Å²) in [5.74, 6) is -0.362. The van der Waals surface area contributed by atoms with Gasteiger partial charge in [0.1, 0.15) is 0 Å². The number of carbonyl (C=O) groups excluding carboxylic acids is 1. The molecule has 2 rings (SSSR count). The molecular weight excluding hydrogens is 381 g/mol. The first-order valence-corrected chi connectivity index (χ1v) is 10.5. The van der Waals surface area contributed by atoms with Crippen molar-refractivity contribution in [3.05, 3.63) is 35.4 Å². The maximum absolute atomic E-state index is 12.5. The number of alkyl halides is 3. The van der Waals surface area contributed by atoms with E-state index in [4.69, 9.17) is 0 Å². The number of halogens is 3. The van der Waals surface area contributed by atoms with E-state index in [0.717, 1.165) is 12.1 Å². The molecule has 1 aliphatic rings. The van der Waals surface area contributed by atoms with Crippen LogP contribution in [0.1, 0.15) is 50.7 Å². The van der Waals surface area contributed by atoms with Crippen LogP contribution in [-0.4, -0.2) is 25.6 Å². The van der Waals surface area contributed by atoms with Crippen molar-refractivity contribution >= 4 is 15.9 Å². The van der Waals surface area contributed by atoms with Gasteiger partial charge in [0, 0.05) is 18.5 Å². The normalized spacial score (nSPS) is 21.3. The second-order valence-corrected chi connectivity index (χ2v) is 9.44. The zero-order valence-electron chi connectivity index (χ0n) is 15.3. The van der Waals surface area contributed by atoms with Crippen molar-refractivity contribution in [2.75, 3.05) is 0 Å². The molecule has 27 heavy (non-hydrogen) atoms. The lowest BCUT2D eigenvalue weighted by atomic mass is 9.86. The molecule has 5 nitrogen and oxygen atoms in total. The predicted octanol–water partition coefficient (Wildman–Crippen LogP) is 3.21. The van der Waals surface area contributed by atoms with Crippen molar-refractivity contribution in [1.82, 2.24) is 10.0 Å². The van der Waals surface area contributed by atoms with E-state index in [9.17, 15) is 26.4 Å². The van der Waals surface area contributed by atoms with E-state index in [0.29, 0.717) is 31.2 Å². The molecule has 1 aromatic carbocycles. The molecule has 0 unspecified atom stereocenters. The molecule has 0 radical (unpaired) electrons. The molecule has 1 aromatic rings. The Balaban J connectivity index is 1.79. The van der Waals surface area contributed by atoms with Crippen LogP contribution in [-0.2, 0) is 27.5 Å². The van der Waals surface area contributed by atoms with Gasteiger partial charge in [-0.3, -0.25) is 4.79 Å². The third-order valence-corrected chi connectivity index (χ3v) is 6.70. The van der Waals surface area contributed by atoms with E-state index in [1.165, 1.54) is 12.1 Å². The van der Waals surface area contributed by atoms with Gasteiger partial charge in [0.05, 0.1) is 10.8 Å². The molecule has 1 amide bonds. The number of carbonyl (C=O) groups is 1. The molecule has 152 valence electrons. The molecule has 2 N–H and O–H groups in total. The van der Waals surface area contributed by atoms with Crippen molar-refractivity contribution in [2.45, 2.75) is 63.5 Å². The number of amides is 1. The van der Waals surface area contributed by atoms with Crippen LogP contribution < -0.4 is 10.0 Å². The highest BCUT2D eigenvalue weighted by Gasteiger charge is 2.31. The fourth-order valence-electron chi connectivity index (χ4n) is 2.99. The van der Waals surface area contributed by atoms with Crippen molar-refractivity contribution < 1.29 is 26.4 Å². The summed E-state index contributed by atoms with van der Waals surface area (Å²) in [6, 6.07) is 4.53. The smallest absolute Gasteiger partial charge is 0.352 e. The monoisotopic (exact) mass is 406 g/mol. The van der Waals surface area contributed by atoms with Gasteiger partial charge < -0.3 is 5.32 Å². The topological polar surface area (TPSA) is 75.3 Å². The van der Waals surface area contributed by atoms with E-state index in [1.807, 2.05) is 0 Å². The van der Waals surface area contributed by atoms with Crippen LogP contribution in [0.15, 0.2) is 24.3 Å². The second kappa shape index (κ2) is 8.60. The zero-order valence-corrected chi connectivity index (χ0v) is 16.2. The van der Waals surface area contributed by atoms with Gasteiger partial charge in [0.15, 0.2) is 0 Å². The van der Waals surface area contributed by atoms with Gasteiger partial charge in [-0.05, 0) is 57.2 Å². The standard InChI is InChI=1S/C18H25F3N2O3S/c1-12(2)27(25,26)23-16-9-5-14(6-10-16)17(24)22-11-13-3-7-15(8-4-13)18(19,20)21/h3-4,7-8,12,14,16,23H,5-6,9-11H2,1-2H3,(H,22,24). The third kappa shape index (κ3) is 6.21. The first-order valence-electron chi connectivity index (χ1n) is 8.94. The molecule has 0 aromatic heterocycles. The van der Waals surface area contributed by atoms with E-state index >= 15 is 0 Å². The van der Waals surface area contributed by atoms with Crippen molar-refractivity contribution in [3.8, 4) is 0 Å². The average molecular weight is 406 g/mol. The predicted molar refractivity (Wildman–Crippen MR) is 96.2 cm³/mol. The van der Waals surface area contributed by atoms with E-state index < -0.39 is 27.0 Å². The third-order valence-electron chi connectivity index (χ3n) is 4.80. The molecular formula is C18H25F3N2O3S. The molecule has 9 heteroatoms. The lowest BCUT2D eigenvalue weighted by molar-refractivity contribution is -0.137. The molecule has 1 fully saturated rings. The molecule has 0 atom stereocenters. The lowest BCUT2D eigenvalue weighted by Crippen LogP contribution is -2.43. The van der Waals surface area contributed by atoms with Gasteiger partial charge in [-0.25, -0.2) is 13.1 Å². The lowest BCUT2D eigenvalue weighted by Gasteiger charge is -2.28. The summed E-state index contributed by atoms with van der Waals surface area (Å²) in [5.41, 5.74) is -0.130. The van der Waals surface area contributed by atoms with Crippen LogP contribution in [0.2, 0.25) is 0 Å². The summed E-state index contributed by atoms with van der Waals surface area (Å²) < 4.78 is 64.1. The molecule has 0 aliphatic heterocycles. The number of hydrogen-bond acceptors (Lipinski definition) is 3. The summed E-state index contributed by atoms with van der Waals surface area (Å²) in [5, 5.41) is 2.25. The maximum atomic E-state index is 12.5. The Hall–Kier alpha value is -1.61. The largest absolute Gasteiger partial charge is 0.416 e. The summed E-state index contributed by atoms with van der Waals surface area (Å²) in [6.45, 7) is 3.39. The first-order chi connectivity index (χ1) is 12.5. The first kappa shape index (κ1) is 21.7. The van der Waals surface area contributed by atoms with E-state index in [1.54, 1.807) is 13.8 Å². The minimum absolute atomic E-state index is 0.153. The fourth-order valence-corrected chi connectivity index (χ4v) is 3.96. The van der Waals surface area contributed by atoms with Gasteiger partial charge in [0.25, 0.3) is 0 Å². The second-order valence-electron chi connectivity index (χ2n) is 7.17. The minimum atomic E-state index is -4.38. The zero-order chi connectivity index (χ0) is 20.2. The molecule has 0 spiro atoms. The van der Waals surface area contributed by atoms with Crippen molar-refractivity contribution in [1.29, 1.82) is 0 Å².